The van der Waals surface area contributed by atoms with E-state index in [0.29, 0.717) is 0 Å². The minimum Gasteiger partial charge on any atom is -0.386 e. The molecule has 1 heterocycles. The van der Waals surface area contributed by atoms with Crippen LogP contribution in [0.25, 0.3) is 0 Å². The van der Waals surface area contributed by atoms with Gasteiger partial charge in [-0.1, -0.05) is 17.7 Å². The zero-order valence-corrected chi connectivity index (χ0v) is 13.1. The molecule has 1 aliphatic heterocycles. The largest absolute Gasteiger partial charge is 0.386 e. The molecule has 23 heavy (non-hydrogen) atoms. The summed E-state index contributed by atoms with van der Waals surface area (Å²) in [6.07, 6.45) is 0. The zero-order chi connectivity index (χ0) is 17.0. The molecule has 2 N–H and O–H groups in total. The molecule has 1 aromatic rings. The molecule has 1 aliphatic carbocycles. The highest BCUT2D eigenvalue weighted by molar-refractivity contribution is 6.31. The zero-order valence-electron chi connectivity index (χ0n) is 12.3. The first-order valence-corrected chi connectivity index (χ1v) is 7.02. The molecule has 3 atom stereocenters. The van der Waals surface area contributed by atoms with Gasteiger partial charge in [-0.2, -0.15) is 10.5 Å². The molecule has 1 fully saturated rings. The van der Waals surface area contributed by atoms with E-state index in [1.807, 2.05) is 12.1 Å². The van der Waals surface area contributed by atoms with Gasteiger partial charge in [-0.3, -0.25) is 0 Å². The number of halogens is 2. The van der Waals surface area contributed by atoms with Gasteiger partial charge in [0, 0.05) is 30.7 Å². The van der Waals surface area contributed by atoms with Gasteiger partial charge in [-0.25, -0.2) is 9.38 Å². The summed E-state index contributed by atoms with van der Waals surface area (Å²) in [5.41, 5.74) is 2.79. The van der Waals surface area contributed by atoms with Crippen LogP contribution in [0.3, 0.4) is 0 Å². The number of rotatable bonds is 3. The van der Waals surface area contributed by atoms with Gasteiger partial charge >= 0.3 is 0 Å². The van der Waals surface area contributed by atoms with Crippen molar-refractivity contribution in [2.45, 2.75) is 11.8 Å². The number of hydrogen-bond acceptors (Lipinski definition) is 6. The molecule has 118 valence electrons. The third-order valence-electron chi connectivity index (χ3n) is 4.77. The van der Waals surface area contributed by atoms with Crippen LogP contribution in [0.15, 0.2) is 23.2 Å². The van der Waals surface area contributed by atoms with Gasteiger partial charge in [0.2, 0.25) is 0 Å². The number of aliphatic imine (C=N–C) groups is 1. The van der Waals surface area contributed by atoms with Gasteiger partial charge < -0.3 is 15.2 Å². The monoisotopic (exact) mass is 334 g/mol. The summed E-state index contributed by atoms with van der Waals surface area (Å²) in [4.78, 5) is 4.05. The summed E-state index contributed by atoms with van der Waals surface area (Å²) in [7, 11) is 2.57. The second-order valence-electron chi connectivity index (χ2n) is 5.40. The Labute approximate surface area is 136 Å². The maximum atomic E-state index is 14.4. The van der Waals surface area contributed by atoms with Crippen LogP contribution in [-0.4, -0.2) is 26.0 Å². The SMILES string of the molecule is COC1(OC)N=C(N)[C@]2(C#N)[C@H](c3c(F)cccc3Cl)[C@@]12C#N. The molecule has 0 radical (unpaired) electrons. The summed E-state index contributed by atoms with van der Waals surface area (Å²) in [5, 5.41) is 19.7. The van der Waals surface area contributed by atoms with Crippen molar-refractivity contribution >= 4 is 17.4 Å². The summed E-state index contributed by atoms with van der Waals surface area (Å²) in [5.74, 6) is -3.50. The Kier molecular flexibility index (Phi) is 3.18. The maximum Gasteiger partial charge on any atom is 0.292 e. The summed E-state index contributed by atoms with van der Waals surface area (Å²) in [6, 6.07) is 8.19. The van der Waals surface area contributed by atoms with E-state index in [4.69, 9.17) is 26.8 Å². The van der Waals surface area contributed by atoms with Crippen molar-refractivity contribution in [1.29, 1.82) is 10.5 Å². The smallest absolute Gasteiger partial charge is 0.292 e. The van der Waals surface area contributed by atoms with Crippen molar-refractivity contribution in [2.75, 3.05) is 14.2 Å². The lowest BCUT2D eigenvalue weighted by Crippen LogP contribution is -2.41. The minimum absolute atomic E-state index is 0.0357. The average Bonchev–Trinajstić information content (AvgIpc) is 3.09. The van der Waals surface area contributed by atoms with Crippen LogP contribution in [0.2, 0.25) is 5.02 Å². The van der Waals surface area contributed by atoms with Crippen molar-refractivity contribution in [2.24, 2.45) is 21.6 Å². The Morgan fingerprint density at radius 2 is 1.96 bits per heavy atom. The molecule has 0 aromatic heterocycles. The number of fused-ring (bicyclic) bond motifs is 1. The van der Waals surface area contributed by atoms with Crippen LogP contribution in [0, 0.1) is 39.3 Å². The number of nitrogens with two attached hydrogens (primary N) is 1. The lowest BCUT2D eigenvalue weighted by atomic mass is 9.93. The van der Waals surface area contributed by atoms with E-state index in [0.717, 1.165) is 0 Å². The number of nitriles is 2. The Bertz CT molecular complexity index is 790. The van der Waals surface area contributed by atoms with Gasteiger partial charge in [0.05, 0.1) is 12.1 Å². The van der Waals surface area contributed by atoms with E-state index in [-0.39, 0.29) is 16.4 Å². The van der Waals surface area contributed by atoms with E-state index >= 15 is 0 Å². The molecule has 2 aliphatic rings. The Morgan fingerprint density at radius 3 is 2.43 bits per heavy atom. The molecular formula is C15H12ClFN4O2. The Morgan fingerprint density at radius 1 is 1.30 bits per heavy atom. The van der Waals surface area contributed by atoms with Gasteiger partial charge in [0.1, 0.15) is 17.1 Å². The lowest BCUT2D eigenvalue weighted by Gasteiger charge is -2.29. The number of hydrogen-bond donors (Lipinski definition) is 1. The quantitative estimate of drug-likeness (QED) is 0.850. The molecule has 0 saturated heterocycles. The van der Waals surface area contributed by atoms with Crippen LogP contribution in [0.5, 0.6) is 0 Å². The fourth-order valence-electron chi connectivity index (χ4n) is 3.74. The van der Waals surface area contributed by atoms with Crippen LogP contribution < -0.4 is 5.73 Å². The number of benzene rings is 1. The molecule has 8 heteroatoms. The van der Waals surface area contributed by atoms with E-state index in [1.165, 1.54) is 32.4 Å². The molecule has 1 aromatic carbocycles. The molecule has 6 nitrogen and oxygen atoms in total. The Balaban J connectivity index is 2.33. The highest BCUT2D eigenvalue weighted by Gasteiger charge is 2.94. The molecular weight excluding hydrogens is 323 g/mol. The van der Waals surface area contributed by atoms with E-state index in [9.17, 15) is 14.9 Å². The van der Waals surface area contributed by atoms with Crippen LogP contribution >= 0.6 is 11.6 Å². The first-order chi connectivity index (χ1) is 10.9. The van der Waals surface area contributed by atoms with Crippen molar-refractivity contribution in [3.8, 4) is 12.1 Å². The van der Waals surface area contributed by atoms with E-state index in [2.05, 4.69) is 4.99 Å². The second kappa shape index (κ2) is 4.65. The molecule has 0 spiro atoms. The number of nitrogens with zero attached hydrogens (tertiary/aromatic N) is 3. The topological polar surface area (TPSA) is 104 Å². The Hall–Kier alpha value is -2.19. The highest BCUT2D eigenvalue weighted by Crippen LogP contribution is 2.82. The average molecular weight is 335 g/mol. The van der Waals surface area contributed by atoms with E-state index < -0.39 is 28.5 Å². The molecule has 0 amide bonds. The highest BCUT2D eigenvalue weighted by atomic mass is 35.5. The fraction of sp³-hybridized carbons (Fsp3) is 0.400. The summed E-state index contributed by atoms with van der Waals surface area (Å²) < 4.78 is 25.0. The predicted octanol–water partition coefficient (Wildman–Crippen LogP) is 1.91. The molecule has 1 saturated carbocycles. The second-order valence-corrected chi connectivity index (χ2v) is 5.80. The van der Waals surface area contributed by atoms with Crippen molar-refractivity contribution in [3.05, 3.63) is 34.6 Å². The van der Waals surface area contributed by atoms with Gasteiger partial charge in [-0.05, 0) is 12.1 Å². The standard InChI is InChI=1S/C15H12ClFN4O2/c1-22-15(23-2)14(7-19)11(13(14,6-18)12(20)21-15)10-8(16)4-3-5-9(10)17/h3-5,11H,1-2H3,(H2,20,21)/t11-,13-,14+/m0/s1. The maximum absolute atomic E-state index is 14.4. The van der Waals surface area contributed by atoms with Crippen molar-refractivity contribution in [3.63, 3.8) is 0 Å². The molecule has 0 unspecified atom stereocenters. The number of ether oxygens (including phenoxy) is 2. The predicted molar refractivity (Wildman–Crippen MR) is 78.6 cm³/mol. The summed E-state index contributed by atoms with van der Waals surface area (Å²) >= 11 is 6.12. The summed E-state index contributed by atoms with van der Waals surface area (Å²) in [6.45, 7) is 0. The van der Waals surface area contributed by atoms with Gasteiger partial charge in [-0.15, -0.1) is 0 Å². The minimum atomic E-state index is -1.79. The van der Waals surface area contributed by atoms with Crippen molar-refractivity contribution < 1.29 is 13.9 Å². The molecule has 3 rings (SSSR count). The van der Waals surface area contributed by atoms with Gasteiger partial charge in [0.25, 0.3) is 5.91 Å². The van der Waals surface area contributed by atoms with E-state index in [1.54, 1.807) is 0 Å². The number of methoxy groups -OCH3 is 2. The van der Waals surface area contributed by atoms with Crippen LogP contribution in [0.1, 0.15) is 11.5 Å². The first-order valence-electron chi connectivity index (χ1n) is 6.65. The molecule has 0 bridgehead atoms. The van der Waals surface area contributed by atoms with Crippen molar-refractivity contribution in [1.82, 2.24) is 0 Å². The lowest BCUT2D eigenvalue weighted by molar-refractivity contribution is -0.230. The third kappa shape index (κ3) is 1.41. The van der Waals surface area contributed by atoms with Gasteiger partial charge in [0.15, 0.2) is 5.41 Å². The number of amidine groups is 1. The normalized spacial score (nSPS) is 33.3. The van der Waals surface area contributed by atoms with Crippen LogP contribution in [-0.2, 0) is 9.47 Å². The first kappa shape index (κ1) is 15.7. The van der Waals surface area contributed by atoms with Crippen LogP contribution in [0.4, 0.5) is 4.39 Å². The fourth-order valence-corrected chi connectivity index (χ4v) is 4.01. The third-order valence-corrected chi connectivity index (χ3v) is 5.10.